The SMILES string of the molecule is C=CCc1cc(/C=C(/C#N)C(=O)Nc2ccc(C)cc2)ccc1OCc1ccc(I)cc1. The molecule has 0 atom stereocenters. The summed E-state index contributed by atoms with van der Waals surface area (Å²) in [6.45, 7) is 6.25. The number of hydrogen-bond acceptors (Lipinski definition) is 3. The summed E-state index contributed by atoms with van der Waals surface area (Å²) in [6, 6.07) is 23.2. The molecular formula is C27H23IN2O2. The lowest BCUT2D eigenvalue weighted by atomic mass is 10.0. The van der Waals surface area contributed by atoms with Crippen LogP contribution in [-0.4, -0.2) is 5.91 Å². The molecule has 1 N–H and O–H groups in total. The van der Waals surface area contributed by atoms with Gasteiger partial charge in [0.2, 0.25) is 0 Å². The van der Waals surface area contributed by atoms with Crippen molar-refractivity contribution < 1.29 is 9.53 Å². The van der Waals surface area contributed by atoms with Crippen LogP contribution in [0.25, 0.3) is 6.08 Å². The van der Waals surface area contributed by atoms with Crippen molar-refractivity contribution >= 4 is 40.3 Å². The van der Waals surface area contributed by atoms with Gasteiger partial charge in [-0.1, -0.05) is 42.0 Å². The molecular weight excluding hydrogens is 511 g/mol. The van der Waals surface area contributed by atoms with E-state index in [1.54, 1.807) is 12.2 Å². The van der Waals surface area contributed by atoms with E-state index in [0.29, 0.717) is 18.7 Å². The van der Waals surface area contributed by atoms with Gasteiger partial charge in [-0.05, 0) is 95.1 Å². The Hall–Kier alpha value is -3.37. The van der Waals surface area contributed by atoms with Crippen LogP contribution in [0.15, 0.2) is 85.0 Å². The number of halogens is 1. The summed E-state index contributed by atoms with van der Waals surface area (Å²) >= 11 is 2.27. The number of aryl methyl sites for hydroxylation is 1. The van der Waals surface area contributed by atoms with E-state index < -0.39 is 5.91 Å². The number of carbonyl (C=O) groups excluding carboxylic acids is 1. The highest BCUT2D eigenvalue weighted by atomic mass is 127. The third-order valence-electron chi connectivity index (χ3n) is 4.74. The van der Waals surface area contributed by atoms with E-state index in [1.165, 1.54) is 3.57 Å². The van der Waals surface area contributed by atoms with Crippen LogP contribution < -0.4 is 10.1 Å². The Labute approximate surface area is 202 Å². The van der Waals surface area contributed by atoms with E-state index in [4.69, 9.17) is 4.74 Å². The first kappa shape index (κ1) is 23.3. The number of ether oxygens (including phenoxy) is 1. The number of amides is 1. The quantitative estimate of drug-likeness (QED) is 0.156. The van der Waals surface area contributed by atoms with Gasteiger partial charge in [-0.25, -0.2) is 0 Å². The molecule has 3 aromatic carbocycles. The van der Waals surface area contributed by atoms with E-state index >= 15 is 0 Å². The number of allylic oxidation sites excluding steroid dienone is 1. The van der Waals surface area contributed by atoms with Crippen LogP contribution >= 0.6 is 22.6 Å². The van der Waals surface area contributed by atoms with Gasteiger partial charge in [0, 0.05) is 9.26 Å². The minimum atomic E-state index is -0.444. The van der Waals surface area contributed by atoms with E-state index in [9.17, 15) is 10.1 Å². The maximum Gasteiger partial charge on any atom is 0.266 e. The number of rotatable bonds is 8. The third kappa shape index (κ3) is 6.56. The molecule has 0 aliphatic heterocycles. The minimum absolute atomic E-state index is 0.0303. The molecule has 1 amide bonds. The molecule has 0 spiro atoms. The number of hydrogen-bond donors (Lipinski definition) is 1. The Morgan fingerprint density at radius 1 is 1.12 bits per heavy atom. The minimum Gasteiger partial charge on any atom is -0.489 e. The molecule has 0 heterocycles. The van der Waals surface area contributed by atoms with Gasteiger partial charge in [0.25, 0.3) is 5.91 Å². The summed E-state index contributed by atoms with van der Waals surface area (Å²) in [5, 5.41) is 12.3. The van der Waals surface area contributed by atoms with Crippen molar-refractivity contribution in [1.82, 2.24) is 0 Å². The molecule has 0 aliphatic carbocycles. The molecule has 0 unspecified atom stereocenters. The monoisotopic (exact) mass is 534 g/mol. The number of nitrogens with zero attached hydrogens (tertiary/aromatic N) is 1. The predicted molar refractivity (Wildman–Crippen MR) is 137 cm³/mol. The van der Waals surface area contributed by atoms with E-state index in [2.05, 4.69) is 34.5 Å². The molecule has 5 heteroatoms. The van der Waals surface area contributed by atoms with Crippen LogP contribution in [0, 0.1) is 21.8 Å². The summed E-state index contributed by atoms with van der Waals surface area (Å²) < 4.78 is 7.20. The van der Waals surface area contributed by atoms with Crippen molar-refractivity contribution in [2.24, 2.45) is 0 Å². The molecule has 0 aliphatic rings. The summed E-state index contributed by atoms with van der Waals surface area (Å²) in [4.78, 5) is 12.6. The van der Waals surface area contributed by atoms with Gasteiger partial charge in [-0.3, -0.25) is 4.79 Å². The summed E-state index contributed by atoms with van der Waals surface area (Å²) in [5.41, 5.74) is 4.54. The van der Waals surface area contributed by atoms with Gasteiger partial charge in [-0.2, -0.15) is 5.26 Å². The van der Waals surface area contributed by atoms with Gasteiger partial charge < -0.3 is 10.1 Å². The van der Waals surface area contributed by atoms with Gasteiger partial charge in [0.15, 0.2) is 0 Å². The molecule has 4 nitrogen and oxygen atoms in total. The number of benzene rings is 3. The van der Waals surface area contributed by atoms with Crippen molar-refractivity contribution in [2.45, 2.75) is 20.0 Å². The smallest absolute Gasteiger partial charge is 0.266 e. The fourth-order valence-corrected chi connectivity index (χ4v) is 3.40. The Kier molecular flexibility index (Phi) is 8.23. The normalized spacial score (nSPS) is 10.8. The zero-order valence-electron chi connectivity index (χ0n) is 17.8. The standard InChI is InChI=1S/C27H23IN2O2/c1-3-4-22-15-21(9-14-26(22)32-18-20-7-10-24(28)11-8-20)16-23(17-29)27(31)30-25-12-5-19(2)6-13-25/h3,5-16H,1,4,18H2,2H3,(H,30,31)/b23-16-. The Morgan fingerprint density at radius 3 is 2.50 bits per heavy atom. The molecule has 0 aromatic heterocycles. The van der Waals surface area contributed by atoms with E-state index in [0.717, 1.165) is 28.0 Å². The second kappa shape index (κ2) is 11.3. The van der Waals surface area contributed by atoms with Crippen LogP contribution in [0.4, 0.5) is 5.69 Å². The van der Waals surface area contributed by atoms with Crippen molar-refractivity contribution in [1.29, 1.82) is 5.26 Å². The molecule has 3 aromatic rings. The van der Waals surface area contributed by atoms with Crippen molar-refractivity contribution in [2.75, 3.05) is 5.32 Å². The van der Waals surface area contributed by atoms with Crippen LogP contribution in [0.2, 0.25) is 0 Å². The second-order valence-corrected chi connectivity index (χ2v) is 8.51. The van der Waals surface area contributed by atoms with Gasteiger partial charge >= 0.3 is 0 Å². The maximum atomic E-state index is 12.6. The van der Waals surface area contributed by atoms with Gasteiger partial charge in [0.05, 0.1) is 0 Å². The van der Waals surface area contributed by atoms with E-state index in [1.807, 2.05) is 79.7 Å². The fourth-order valence-electron chi connectivity index (χ4n) is 3.04. The molecule has 32 heavy (non-hydrogen) atoms. The van der Waals surface area contributed by atoms with E-state index in [-0.39, 0.29) is 5.57 Å². The molecule has 3 rings (SSSR count). The Morgan fingerprint density at radius 2 is 1.84 bits per heavy atom. The van der Waals surface area contributed by atoms with Crippen molar-refractivity contribution in [3.63, 3.8) is 0 Å². The summed E-state index contributed by atoms with van der Waals surface area (Å²) in [6.07, 6.45) is 4.00. The van der Waals surface area contributed by atoms with Gasteiger partial charge in [-0.15, -0.1) is 6.58 Å². The van der Waals surface area contributed by atoms with Crippen LogP contribution in [0.3, 0.4) is 0 Å². The largest absolute Gasteiger partial charge is 0.489 e. The van der Waals surface area contributed by atoms with Crippen LogP contribution in [0.5, 0.6) is 5.75 Å². The number of carbonyl (C=O) groups is 1. The first-order valence-electron chi connectivity index (χ1n) is 10.1. The van der Waals surface area contributed by atoms with Crippen LogP contribution in [-0.2, 0) is 17.8 Å². The topological polar surface area (TPSA) is 62.1 Å². The summed E-state index contributed by atoms with van der Waals surface area (Å²) in [7, 11) is 0. The lowest BCUT2D eigenvalue weighted by Crippen LogP contribution is -2.13. The molecule has 0 fully saturated rings. The lowest BCUT2D eigenvalue weighted by Gasteiger charge is -2.12. The highest BCUT2D eigenvalue weighted by Gasteiger charge is 2.11. The highest BCUT2D eigenvalue weighted by molar-refractivity contribution is 14.1. The zero-order chi connectivity index (χ0) is 22.9. The maximum absolute atomic E-state index is 12.6. The zero-order valence-corrected chi connectivity index (χ0v) is 19.9. The first-order chi connectivity index (χ1) is 15.5. The fraction of sp³-hybridized carbons (Fsp3) is 0.111. The number of nitrogens with one attached hydrogen (secondary N) is 1. The summed E-state index contributed by atoms with van der Waals surface area (Å²) in [5.74, 6) is 0.309. The molecule has 0 saturated carbocycles. The molecule has 0 bridgehead atoms. The highest BCUT2D eigenvalue weighted by Crippen LogP contribution is 2.24. The lowest BCUT2D eigenvalue weighted by molar-refractivity contribution is -0.112. The number of anilines is 1. The second-order valence-electron chi connectivity index (χ2n) is 7.27. The Balaban J connectivity index is 1.77. The average Bonchev–Trinajstić information content (AvgIpc) is 2.79. The third-order valence-corrected chi connectivity index (χ3v) is 5.46. The Bertz CT molecular complexity index is 1170. The molecule has 160 valence electrons. The number of nitriles is 1. The van der Waals surface area contributed by atoms with Crippen molar-refractivity contribution in [3.8, 4) is 11.8 Å². The first-order valence-corrected chi connectivity index (χ1v) is 11.2. The average molecular weight is 534 g/mol. The van der Waals surface area contributed by atoms with Crippen LogP contribution in [0.1, 0.15) is 22.3 Å². The molecule has 0 saturated heterocycles. The predicted octanol–water partition coefficient (Wildman–Crippen LogP) is 6.45. The van der Waals surface area contributed by atoms with Gasteiger partial charge in [0.1, 0.15) is 24.0 Å². The van der Waals surface area contributed by atoms with Crippen molar-refractivity contribution in [3.05, 3.63) is 111 Å². The molecule has 0 radical (unpaired) electrons.